The number of ketones is 1. The lowest BCUT2D eigenvalue weighted by atomic mass is 10.0. The first-order valence-electron chi connectivity index (χ1n) is 8.96. The molecule has 0 aliphatic heterocycles. The Labute approximate surface area is 155 Å². The molecule has 7 nitrogen and oxygen atoms in total. The summed E-state index contributed by atoms with van der Waals surface area (Å²) < 4.78 is 0. The van der Waals surface area contributed by atoms with Crippen LogP contribution in [0.2, 0.25) is 0 Å². The lowest BCUT2D eigenvalue weighted by molar-refractivity contribution is -0.130. The number of hydrogen-bond acceptors (Lipinski definition) is 5. The zero-order valence-corrected chi connectivity index (χ0v) is 15.6. The molecule has 26 heavy (non-hydrogen) atoms. The topological polar surface area (TPSA) is 113 Å². The Kier molecular flexibility index (Phi) is 10.2. The summed E-state index contributed by atoms with van der Waals surface area (Å²) in [7, 11) is 1.72. The van der Waals surface area contributed by atoms with E-state index in [1.165, 1.54) is 6.92 Å². The fourth-order valence-electron chi connectivity index (χ4n) is 2.57. The molecular formula is C19H30N4O3. The number of hydrogen-bond donors (Lipinski definition) is 4. The number of nitrogens with one attached hydrogen (secondary N) is 3. The van der Waals surface area contributed by atoms with Gasteiger partial charge in [-0.25, -0.2) is 0 Å². The average molecular weight is 362 g/mol. The third-order valence-electron chi connectivity index (χ3n) is 4.04. The van der Waals surface area contributed by atoms with E-state index in [0.29, 0.717) is 19.4 Å². The molecule has 7 heteroatoms. The molecule has 0 saturated heterocycles. The second-order valence-electron chi connectivity index (χ2n) is 6.30. The van der Waals surface area contributed by atoms with E-state index in [-0.39, 0.29) is 30.2 Å². The van der Waals surface area contributed by atoms with Gasteiger partial charge >= 0.3 is 0 Å². The van der Waals surface area contributed by atoms with Gasteiger partial charge in [-0.15, -0.1) is 0 Å². The molecule has 0 aliphatic rings. The van der Waals surface area contributed by atoms with Crippen molar-refractivity contribution in [1.29, 1.82) is 0 Å². The van der Waals surface area contributed by atoms with Crippen LogP contribution in [0.15, 0.2) is 30.3 Å². The Morgan fingerprint density at radius 3 is 2.31 bits per heavy atom. The van der Waals surface area contributed by atoms with Crippen molar-refractivity contribution < 1.29 is 14.4 Å². The van der Waals surface area contributed by atoms with Gasteiger partial charge in [-0.2, -0.15) is 0 Å². The number of unbranched alkanes of at least 4 members (excludes halogenated alkanes) is 1. The Hall–Kier alpha value is -2.25. The van der Waals surface area contributed by atoms with Crippen LogP contribution < -0.4 is 21.7 Å². The molecule has 0 spiro atoms. The van der Waals surface area contributed by atoms with E-state index < -0.39 is 6.04 Å². The van der Waals surface area contributed by atoms with E-state index in [4.69, 9.17) is 5.73 Å². The summed E-state index contributed by atoms with van der Waals surface area (Å²) in [5, 5.41) is 8.37. The Morgan fingerprint density at radius 2 is 1.73 bits per heavy atom. The number of carbonyl (C=O) groups is 3. The van der Waals surface area contributed by atoms with Crippen LogP contribution in [0.4, 0.5) is 0 Å². The van der Waals surface area contributed by atoms with Gasteiger partial charge < -0.3 is 21.7 Å². The maximum absolute atomic E-state index is 12.6. The molecule has 0 heterocycles. The first-order valence-corrected chi connectivity index (χ1v) is 8.96. The summed E-state index contributed by atoms with van der Waals surface area (Å²) in [5.74, 6) is -0.740. The molecule has 2 atom stereocenters. The minimum atomic E-state index is -0.741. The number of rotatable bonds is 12. The molecule has 0 fully saturated rings. The molecule has 1 aromatic rings. The number of likely N-dealkylation sites (N-methyl/N-ethyl adjacent to an activating group) is 1. The van der Waals surface area contributed by atoms with Crippen molar-refractivity contribution in [2.75, 3.05) is 20.1 Å². The van der Waals surface area contributed by atoms with Crippen LogP contribution in [0, 0.1) is 0 Å². The number of nitrogens with two attached hydrogens (primary N) is 1. The highest BCUT2D eigenvalue weighted by atomic mass is 16.2. The normalized spacial score (nSPS) is 12.9. The molecule has 1 aromatic carbocycles. The summed E-state index contributed by atoms with van der Waals surface area (Å²) in [6, 6.07) is 8.31. The van der Waals surface area contributed by atoms with Crippen LogP contribution in [0.3, 0.4) is 0 Å². The summed E-state index contributed by atoms with van der Waals surface area (Å²) in [6.07, 6.45) is 2.68. The Morgan fingerprint density at radius 1 is 1.04 bits per heavy atom. The molecule has 0 bridgehead atoms. The molecule has 2 unspecified atom stereocenters. The highest BCUT2D eigenvalue weighted by Crippen LogP contribution is 2.06. The third-order valence-corrected chi connectivity index (χ3v) is 4.04. The van der Waals surface area contributed by atoms with E-state index in [0.717, 1.165) is 18.4 Å². The smallest absolute Gasteiger partial charge is 0.243 e. The third kappa shape index (κ3) is 8.22. The van der Waals surface area contributed by atoms with Crippen LogP contribution in [-0.2, 0) is 20.8 Å². The number of amides is 2. The van der Waals surface area contributed by atoms with Crippen molar-refractivity contribution in [3.8, 4) is 0 Å². The van der Waals surface area contributed by atoms with E-state index in [9.17, 15) is 14.4 Å². The molecule has 0 radical (unpaired) electrons. The number of benzene rings is 1. The van der Waals surface area contributed by atoms with Crippen LogP contribution >= 0.6 is 0 Å². The minimum Gasteiger partial charge on any atom is -0.347 e. The van der Waals surface area contributed by atoms with Crippen LogP contribution in [-0.4, -0.2) is 49.8 Å². The van der Waals surface area contributed by atoms with Crippen molar-refractivity contribution in [1.82, 2.24) is 16.0 Å². The number of Topliss-reactive ketones (excluding diaryl/α,β-unsaturated/α-hetero) is 1. The fourth-order valence-corrected chi connectivity index (χ4v) is 2.57. The lowest BCUT2D eigenvalue weighted by Gasteiger charge is -2.22. The van der Waals surface area contributed by atoms with Gasteiger partial charge in [0.05, 0.1) is 12.6 Å². The molecular weight excluding hydrogens is 332 g/mol. The second kappa shape index (κ2) is 12.2. The SMILES string of the molecule is CNC(CCCCN)C(=O)NC(Cc1ccccc1)C(=O)NCC(C)=O. The van der Waals surface area contributed by atoms with Crippen molar-refractivity contribution >= 4 is 17.6 Å². The first-order chi connectivity index (χ1) is 12.5. The standard InChI is InChI=1S/C19H30N4O3/c1-14(24)13-22-18(25)17(12-15-8-4-3-5-9-15)23-19(26)16(21-2)10-6-7-11-20/h3-5,8-9,16-17,21H,6-7,10-13,20H2,1-2H3,(H,22,25)(H,23,26). The van der Waals surface area contributed by atoms with Crippen molar-refractivity contribution in [2.45, 2.75) is 44.7 Å². The van der Waals surface area contributed by atoms with Gasteiger partial charge in [0.1, 0.15) is 11.8 Å². The molecule has 0 saturated carbocycles. The van der Waals surface area contributed by atoms with Gasteiger partial charge in [0.25, 0.3) is 0 Å². The maximum Gasteiger partial charge on any atom is 0.243 e. The van der Waals surface area contributed by atoms with E-state index in [1.807, 2.05) is 30.3 Å². The zero-order chi connectivity index (χ0) is 19.4. The summed E-state index contributed by atoms with van der Waals surface area (Å²) in [5.41, 5.74) is 6.43. The van der Waals surface area contributed by atoms with Gasteiger partial charge in [0.2, 0.25) is 11.8 Å². The molecule has 1 rings (SSSR count). The second-order valence-corrected chi connectivity index (χ2v) is 6.30. The molecule has 0 aromatic heterocycles. The Balaban J connectivity index is 2.77. The van der Waals surface area contributed by atoms with Crippen molar-refractivity contribution in [3.05, 3.63) is 35.9 Å². The van der Waals surface area contributed by atoms with Gasteiger partial charge in [0.15, 0.2) is 0 Å². The minimum absolute atomic E-state index is 0.0497. The van der Waals surface area contributed by atoms with Crippen LogP contribution in [0.25, 0.3) is 0 Å². The Bertz CT molecular complexity index is 577. The fraction of sp³-hybridized carbons (Fsp3) is 0.526. The molecule has 0 aliphatic carbocycles. The first kappa shape index (κ1) is 21.8. The van der Waals surface area contributed by atoms with Gasteiger partial charge in [-0.3, -0.25) is 14.4 Å². The molecule has 5 N–H and O–H groups in total. The summed E-state index contributed by atoms with van der Waals surface area (Å²) in [6.45, 7) is 1.94. The predicted octanol–water partition coefficient (Wildman–Crippen LogP) is 0.136. The number of carbonyl (C=O) groups excluding carboxylic acids is 3. The quantitative estimate of drug-likeness (QED) is 0.395. The monoisotopic (exact) mass is 362 g/mol. The van der Waals surface area contributed by atoms with Crippen LogP contribution in [0.5, 0.6) is 0 Å². The predicted molar refractivity (Wildman–Crippen MR) is 102 cm³/mol. The van der Waals surface area contributed by atoms with Crippen LogP contribution in [0.1, 0.15) is 31.7 Å². The van der Waals surface area contributed by atoms with E-state index in [2.05, 4.69) is 16.0 Å². The van der Waals surface area contributed by atoms with Crippen molar-refractivity contribution in [3.63, 3.8) is 0 Å². The van der Waals surface area contributed by atoms with E-state index >= 15 is 0 Å². The van der Waals surface area contributed by atoms with Gasteiger partial charge in [0, 0.05) is 6.42 Å². The maximum atomic E-state index is 12.6. The average Bonchev–Trinajstić information content (AvgIpc) is 2.63. The van der Waals surface area contributed by atoms with Crippen molar-refractivity contribution in [2.24, 2.45) is 5.73 Å². The van der Waals surface area contributed by atoms with E-state index in [1.54, 1.807) is 7.05 Å². The molecule has 2 amide bonds. The van der Waals surface area contributed by atoms with Gasteiger partial charge in [-0.05, 0) is 38.9 Å². The largest absolute Gasteiger partial charge is 0.347 e. The lowest BCUT2D eigenvalue weighted by Crippen LogP contribution is -2.53. The highest BCUT2D eigenvalue weighted by Gasteiger charge is 2.25. The van der Waals surface area contributed by atoms with Gasteiger partial charge in [-0.1, -0.05) is 36.8 Å². The zero-order valence-electron chi connectivity index (χ0n) is 15.6. The highest BCUT2D eigenvalue weighted by molar-refractivity contribution is 5.92. The summed E-state index contributed by atoms with van der Waals surface area (Å²) >= 11 is 0. The molecule has 144 valence electrons. The summed E-state index contributed by atoms with van der Waals surface area (Å²) in [4.78, 5) is 36.1.